The number of sulfone groups is 1. The van der Waals surface area contributed by atoms with E-state index >= 15 is 0 Å². The molecule has 0 aliphatic rings. The summed E-state index contributed by atoms with van der Waals surface area (Å²) in [6, 6.07) is 6.38. The van der Waals surface area contributed by atoms with Crippen LogP contribution < -0.4 is 5.32 Å². The Kier molecular flexibility index (Phi) is 6.45. The maximum atomic E-state index is 13.2. The van der Waals surface area contributed by atoms with Crippen molar-refractivity contribution in [2.45, 2.75) is 25.7 Å². The van der Waals surface area contributed by atoms with Crippen molar-refractivity contribution in [2.75, 3.05) is 25.1 Å². The molecule has 0 saturated carbocycles. The van der Waals surface area contributed by atoms with E-state index in [1.165, 1.54) is 12.1 Å². The molecule has 0 fully saturated rings. The van der Waals surface area contributed by atoms with Crippen molar-refractivity contribution in [1.29, 1.82) is 0 Å². The molecular formula is C14H22FNO2S. The predicted octanol–water partition coefficient (Wildman–Crippen LogP) is 2.34. The van der Waals surface area contributed by atoms with Crippen molar-refractivity contribution in [3.8, 4) is 0 Å². The van der Waals surface area contributed by atoms with Gasteiger partial charge in [0.2, 0.25) is 0 Å². The van der Waals surface area contributed by atoms with Gasteiger partial charge < -0.3 is 5.32 Å². The second-order valence-corrected chi connectivity index (χ2v) is 7.05. The van der Waals surface area contributed by atoms with Crippen molar-refractivity contribution < 1.29 is 12.8 Å². The van der Waals surface area contributed by atoms with Crippen LogP contribution in [0, 0.1) is 5.82 Å². The first kappa shape index (κ1) is 16.1. The number of halogens is 1. The molecule has 0 bridgehead atoms. The molecule has 19 heavy (non-hydrogen) atoms. The predicted molar refractivity (Wildman–Crippen MR) is 76.6 cm³/mol. The summed E-state index contributed by atoms with van der Waals surface area (Å²) in [4.78, 5) is 0. The van der Waals surface area contributed by atoms with Gasteiger partial charge in [-0.3, -0.25) is 0 Å². The van der Waals surface area contributed by atoms with Gasteiger partial charge in [-0.1, -0.05) is 19.1 Å². The molecule has 1 atom stereocenters. The van der Waals surface area contributed by atoms with E-state index in [-0.39, 0.29) is 23.2 Å². The highest BCUT2D eigenvalue weighted by Crippen LogP contribution is 2.21. The molecule has 0 heterocycles. The van der Waals surface area contributed by atoms with Crippen LogP contribution in [0.4, 0.5) is 4.39 Å². The van der Waals surface area contributed by atoms with Crippen LogP contribution >= 0.6 is 0 Å². The molecule has 1 unspecified atom stereocenters. The molecule has 0 aliphatic heterocycles. The van der Waals surface area contributed by atoms with E-state index in [1.807, 2.05) is 20.0 Å². The van der Waals surface area contributed by atoms with E-state index in [0.29, 0.717) is 19.4 Å². The highest BCUT2D eigenvalue weighted by Gasteiger charge is 2.16. The van der Waals surface area contributed by atoms with E-state index in [0.717, 1.165) is 5.56 Å². The smallest absolute Gasteiger partial charge is 0.150 e. The molecular weight excluding hydrogens is 265 g/mol. The highest BCUT2D eigenvalue weighted by molar-refractivity contribution is 7.91. The first-order valence-electron chi connectivity index (χ1n) is 6.59. The van der Waals surface area contributed by atoms with Crippen LogP contribution in [-0.2, 0) is 9.84 Å². The molecule has 5 heteroatoms. The Bertz CT molecular complexity index is 488. The summed E-state index contributed by atoms with van der Waals surface area (Å²) in [7, 11) is -1.17. The van der Waals surface area contributed by atoms with Gasteiger partial charge in [0.25, 0.3) is 0 Å². The van der Waals surface area contributed by atoms with Gasteiger partial charge >= 0.3 is 0 Å². The van der Waals surface area contributed by atoms with Gasteiger partial charge in [-0.15, -0.1) is 0 Å². The topological polar surface area (TPSA) is 46.2 Å². The lowest BCUT2D eigenvalue weighted by atomic mass is 9.96. The van der Waals surface area contributed by atoms with E-state index in [2.05, 4.69) is 5.32 Å². The summed E-state index contributed by atoms with van der Waals surface area (Å²) in [5.74, 6) is 0.119. The minimum atomic E-state index is -2.98. The molecule has 0 aliphatic carbocycles. The zero-order valence-corrected chi connectivity index (χ0v) is 12.3. The van der Waals surface area contributed by atoms with Crippen LogP contribution in [0.1, 0.15) is 31.2 Å². The van der Waals surface area contributed by atoms with Crippen molar-refractivity contribution in [3.63, 3.8) is 0 Å². The zero-order valence-electron chi connectivity index (χ0n) is 11.5. The van der Waals surface area contributed by atoms with E-state index in [4.69, 9.17) is 0 Å². The summed E-state index contributed by atoms with van der Waals surface area (Å²) in [6.45, 7) is 2.50. The van der Waals surface area contributed by atoms with Crippen molar-refractivity contribution in [2.24, 2.45) is 0 Å². The fourth-order valence-corrected chi connectivity index (χ4v) is 3.60. The summed E-state index contributed by atoms with van der Waals surface area (Å²) in [5, 5.41) is 3.04. The molecule has 0 spiro atoms. The minimum Gasteiger partial charge on any atom is -0.319 e. The Morgan fingerprint density at radius 3 is 2.63 bits per heavy atom. The van der Waals surface area contributed by atoms with Crippen LogP contribution in [0.5, 0.6) is 0 Å². The quantitative estimate of drug-likeness (QED) is 0.798. The SMILES string of the molecule is CCCS(=O)(=O)CCC(CNC)c1cccc(F)c1. The van der Waals surface area contributed by atoms with Crippen LogP contribution in [-0.4, -0.2) is 33.5 Å². The molecule has 1 N–H and O–H groups in total. The van der Waals surface area contributed by atoms with Gasteiger partial charge in [0, 0.05) is 12.3 Å². The van der Waals surface area contributed by atoms with Gasteiger partial charge in [0.15, 0.2) is 0 Å². The maximum absolute atomic E-state index is 13.2. The molecule has 1 aromatic rings. The van der Waals surface area contributed by atoms with Gasteiger partial charge in [0.05, 0.1) is 5.75 Å². The first-order chi connectivity index (χ1) is 8.98. The van der Waals surface area contributed by atoms with Crippen LogP contribution in [0.25, 0.3) is 0 Å². The van der Waals surface area contributed by atoms with Gasteiger partial charge in [-0.05, 0) is 43.5 Å². The molecule has 1 rings (SSSR count). The van der Waals surface area contributed by atoms with Crippen molar-refractivity contribution >= 4 is 9.84 Å². The third-order valence-corrected chi connectivity index (χ3v) is 4.95. The summed E-state index contributed by atoms with van der Waals surface area (Å²) >= 11 is 0. The standard InChI is InChI=1S/C14H22FNO2S/c1-3-8-19(17,18)9-7-13(11-16-2)12-5-4-6-14(15)10-12/h4-6,10,13,16H,3,7-9,11H2,1-2H3. The van der Waals surface area contributed by atoms with Crippen LogP contribution in [0.15, 0.2) is 24.3 Å². The zero-order chi connectivity index (χ0) is 14.3. The fraction of sp³-hybridized carbons (Fsp3) is 0.571. The largest absolute Gasteiger partial charge is 0.319 e. The van der Waals surface area contributed by atoms with Crippen LogP contribution in [0.2, 0.25) is 0 Å². The molecule has 0 aromatic heterocycles. The monoisotopic (exact) mass is 287 g/mol. The molecule has 3 nitrogen and oxygen atoms in total. The number of likely N-dealkylation sites (N-methyl/N-ethyl adjacent to an activating group) is 1. The third-order valence-electron chi connectivity index (χ3n) is 3.06. The second-order valence-electron chi connectivity index (χ2n) is 4.75. The molecule has 1 aromatic carbocycles. The lowest BCUT2D eigenvalue weighted by Gasteiger charge is -2.17. The van der Waals surface area contributed by atoms with Gasteiger partial charge in [-0.2, -0.15) is 0 Å². The lowest BCUT2D eigenvalue weighted by molar-refractivity contribution is 0.569. The Morgan fingerprint density at radius 2 is 2.05 bits per heavy atom. The third kappa shape index (κ3) is 5.70. The molecule has 108 valence electrons. The Morgan fingerprint density at radius 1 is 1.32 bits per heavy atom. The molecule has 0 amide bonds. The lowest BCUT2D eigenvalue weighted by Crippen LogP contribution is -2.21. The number of benzene rings is 1. The maximum Gasteiger partial charge on any atom is 0.150 e. The number of hydrogen-bond donors (Lipinski definition) is 1. The summed E-state index contributed by atoms with van der Waals surface area (Å²) in [5.41, 5.74) is 0.848. The number of nitrogens with one attached hydrogen (secondary N) is 1. The average molecular weight is 287 g/mol. The minimum absolute atomic E-state index is 0.0207. The summed E-state index contributed by atoms with van der Waals surface area (Å²) in [6.07, 6.45) is 1.16. The Labute approximate surface area is 115 Å². The van der Waals surface area contributed by atoms with Crippen LogP contribution in [0.3, 0.4) is 0 Å². The fourth-order valence-electron chi connectivity index (χ4n) is 2.13. The summed E-state index contributed by atoms with van der Waals surface area (Å²) < 4.78 is 36.7. The Balaban J connectivity index is 2.74. The van der Waals surface area contributed by atoms with E-state index in [9.17, 15) is 12.8 Å². The average Bonchev–Trinajstić information content (AvgIpc) is 2.34. The highest BCUT2D eigenvalue weighted by atomic mass is 32.2. The second kappa shape index (κ2) is 7.60. The van der Waals surface area contributed by atoms with Crippen molar-refractivity contribution in [1.82, 2.24) is 5.32 Å². The first-order valence-corrected chi connectivity index (χ1v) is 8.41. The Hall–Kier alpha value is -0.940. The molecule has 0 radical (unpaired) electrons. The van der Waals surface area contributed by atoms with Gasteiger partial charge in [0.1, 0.15) is 15.7 Å². The number of hydrogen-bond acceptors (Lipinski definition) is 3. The number of rotatable bonds is 8. The normalized spacial score (nSPS) is 13.4. The van der Waals surface area contributed by atoms with E-state index < -0.39 is 9.84 Å². The van der Waals surface area contributed by atoms with Gasteiger partial charge in [-0.25, -0.2) is 12.8 Å². The van der Waals surface area contributed by atoms with Crippen molar-refractivity contribution in [3.05, 3.63) is 35.6 Å². The molecule has 0 saturated heterocycles. The van der Waals surface area contributed by atoms with E-state index in [1.54, 1.807) is 6.07 Å².